The van der Waals surface area contributed by atoms with Gasteiger partial charge in [-0.2, -0.15) is 0 Å². The maximum absolute atomic E-state index is 12.2. The van der Waals surface area contributed by atoms with Crippen LogP contribution < -0.4 is 5.32 Å². The molecule has 1 aliphatic rings. The van der Waals surface area contributed by atoms with Crippen LogP contribution in [0.1, 0.15) is 50.2 Å². The first-order chi connectivity index (χ1) is 9.56. The number of nitrogens with one attached hydrogen (secondary N) is 1. The standard InChI is InChI=1S/C17H26N2O/c1-13(2)15-8-6-14(7-9-15)12-19(3)17(20)11-16-5-4-10-18-16/h6-9,13,16,18H,4-5,10-12H2,1-3H3. The highest BCUT2D eigenvalue weighted by Gasteiger charge is 2.19. The summed E-state index contributed by atoms with van der Waals surface area (Å²) >= 11 is 0. The lowest BCUT2D eigenvalue weighted by Gasteiger charge is -2.20. The summed E-state index contributed by atoms with van der Waals surface area (Å²) in [6.07, 6.45) is 2.95. The SMILES string of the molecule is CC(C)c1ccc(CN(C)C(=O)CC2CCCN2)cc1. The van der Waals surface area contributed by atoms with E-state index in [1.807, 2.05) is 11.9 Å². The summed E-state index contributed by atoms with van der Waals surface area (Å²) in [7, 11) is 1.90. The Balaban J connectivity index is 1.86. The van der Waals surface area contributed by atoms with Crippen LogP contribution in [0.5, 0.6) is 0 Å². The van der Waals surface area contributed by atoms with Crippen LogP contribution in [0.3, 0.4) is 0 Å². The predicted octanol–water partition coefficient (Wildman–Crippen LogP) is 2.91. The molecule has 1 heterocycles. The number of amides is 1. The van der Waals surface area contributed by atoms with E-state index < -0.39 is 0 Å². The maximum atomic E-state index is 12.2. The van der Waals surface area contributed by atoms with E-state index in [1.165, 1.54) is 17.5 Å². The molecule has 0 saturated carbocycles. The third-order valence-corrected chi connectivity index (χ3v) is 4.08. The number of carbonyl (C=O) groups excluding carboxylic acids is 1. The summed E-state index contributed by atoms with van der Waals surface area (Å²) < 4.78 is 0. The molecule has 20 heavy (non-hydrogen) atoms. The molecule has 0 radical (unpaired) electrons. The predicted molar refractivity (Wildman–Crippen MR) is 82.6 cm³/mol. The van der Waals surface area contributed by atoms with Gasteiger partial charge in [0.1, 0.15) is 0 Å². The molecule has 0 bridgehead atoms. The topological polar surface area (TPSA) is 32.3 Å². The number of nitrogens with zero attached hydrogens (tertiary/aromatic N) is 1. The van der Waals surface area contributed by atoms with Gasteiger partial charge in [0.15, 0.2) is 0 Å². The van der Waals surface area contributed by atoms with Gasteiger partial charge in [0.2, 0.25) is 5.91 Å². The van der Waals surface area contributed by atoms with Crippen molar-refractivity contribution in [3.8, 4) is 0 Å². The summed E-state index contributed by atoms with van der Waals surface area (Å²) in [5.41, 5.74) is 2.54. The number of benzene rings is 1. The van der Waals surface area contributed by atoms with E-state index in [9.17, 15) is 4.79 Å². The fourth-order valence-electron chi connectivity index (χ4n) is 2.67. The van der Waals surface area contributed by atoms with Crippen LogP contribution >= 0.6 is 0 Å². The number of hydrogen-bond acceptors (Lipinski definition) is 2. The molecule has 0 aromatic heterocycles. The Hall–Kier alpha value is -1.35. The second kappa shape index (κ2) is 6.89. The first-order valence-electron chi connectivity index (χ1n) is 7.62. The molecule has 1 saturated heterocycles. The van der Waals surface area contributed by atoms with E-state index in [4.69, 9.17) is 0 Å². The monoisotopic (exact) mass is 274 g/mol. The molecule has 1 aromatic carbocycles. The third-order valence-electron chi connectivity index (χ3n) is 4.08. The van der Waals surface area contributed by atoms with Gasteiger partial charge in [-0.05, 0) is 36.4 Å². The average Bonchev–Trinajstić information content (AvgIpc) is 2.92. The summed E-state index contributed by atoms with van der Waals surface area (Å²) in [4.78, 5) is 14.0. The lowest BCUT2D eigenvalue weighted by Crippen LogP contribution is -2.33. The summed E-state index contributed by atoms with van der Waals surface area (Å²) in [6.45, 7) is 6.14. The number of rotatable bonds is 5. The van der Waals surface area contributed by atoms with Crippen molar-refractivity contribution in [2.45, 2.75) is 51.6 Å². The molecule has 0 spiro atoms. The molecule has 0 aliphatic carbocycles. The van der Waals surface area contributed by atoms with Crippen molar-refractivity contribution in [3.05, 3.63) is 35.4 Å². The largest absolute Gasteiger partial charge is 0.341 e. The Morgan fingerprint density at radius 1 is 1.35 bits per heavy atom. The quantitative estimate of drug-likeness (QED) is 0.895. The van der Waals surface area contributed by atoms with Crippen LogP contribution in [0.15, 0.2) is 24.3 Å². The fraction of sp³-hybridized carbons (Fsp3) is 0.588. The van der Waals surface area contributed by atoms with Gasteiger partial charge in [0.25, 0.3) is 0 Å². The van der Waals surface area contributed by atoms with Gasteiger partial charge in [-0.15, -0.1) is 0 Å². The Bertz CT molecular complexity index is 433. The zero-order valence-corrected chi connectivity index (χ0v) is 12.9. The van der Waals surface area contributed by atoms with Crippen LogP contribution in [0.25, 0.3) is 0 Å². The van der Waals surface area contributed by atoms with Gasteiger partial charge in [-0.1, -0.05) is 38.1 Å². The van der Waals surface area contributed by atoms with Gasteiger partial charge in [-0.25, -0.2) is 0 Å². The second-order valence-electron chi connectivity index (χ2n) is 6.14. The van der Waals surface area contributed by atoms with E-state index in [2.05, 4.69) is 43.4 Å². The van der Waals surface area contributed by atoms with Crippen LogP contribution in [0.2, 0.25) is 0 Å². The zero-order chi connectivity index (χ0) is 14.5. The van der Waals surface area contributed by atoms with Crippen molar-refractivity contribution in [2.75, 3.05) is 13.6 Å². The Morgan fingerprint density at radius 3 is 2.60 bits per heavy atom. The molecule has 1 fully saturated rings. The fourth-order valence-corrected chi connectivity index (χ4v) is 2.67. The molecule has 1 unspecified atom stereocenters. The average molecular weight is 274 g/mol. The summed E-state index contributed by atoms with van der Waals surface area (Å²) in [5.74, 6) is 0.786. The van der Waals surface area contributed by atoms with E-state index in [0.717, 1.165) is 13.0 Å². The molecule has 1 aromatic rings. The molecular formula is C17H26N2O. The van der Waals surface area contributed by atoms with Gasteiger partial charge < -0.3 is 10.2 Å². The lowest BCUT2D eigenvalue weighted by molar-refractivity contribution is -0.130. The highest BCUT2D eigenvalue weighted by Crippen LogP contribution is 2.16. The van der Waals surface area contributed by atoms with Crippen molar-refractivity contribution in [1.29, 1.82) is 0 Å². The van der Waals surface area contributed by atoms with Gasteiger partial charge >= 0.3 is 0 Å². The van der Waals surface area contributed by atoms with Gasteiger partial charge in [0.05, 0.1) is 0 Å². The van der Waals surface area contributed by atoms with Crippen molar-refractivity contribution >= 4 is 5.91 Å². The molecule has 1 aliphatic heterocycles. The lowest BCUT2D eigenvalue weighted by atomic mass is 10.0. The molecule has 2 rings (SSSR count). The van der Waals surface area contributed by atoms with Crippen molar-refractivity contribution in [2.24, 2.45) is 0 Å². The molecule has 1 N–H and O–H groups in total. The first-order valence-corrected chi connectivity index (χ1v) is 7.62. The van der Waals surface area contributed by atoms with Crippen molar-refractivity contribution in [3.63, 3.8) is 0 Å². The zero-order valence-electron chi connectivity index (χ0n) is 12.9. The van der Waals surface area contributed by atoms with Gasteiger partial charge in [-0.3, -0.25) is 4.79 Å². The normalized spacial score (nSPS) is 18.5. The van der Waals surface area contributed by atoms with E-state index in [0.29, 0.717) is 24.9 Å². The molecule has 3 nitrogen and oxygen atoms in total. The molecule has 110 valence electrons. The smallest absolute Gasteiger partial charge is 0.224 e. The third kappa shape index (κ3) is 4.07. The summed E-state index contributed by atoms with van der Waals surface area (Å²) in [6, 6.07) is 8.97. The second-order valence-corrected chi connectivity index (χ2v) is 6.14. The molecular weight excluding hydrogens is 248 g/mol. The van der Waals surface area contributed by atoms with Crippen LogP contribution in [0.4, 0.5) is 0 Å². The summed E-state index contributed by atoms with van der Waals surface area (Å²) in [5, 5.41) is 3.38. The van der Waals surface area contributed by atoms with Gasteiger partial charge in [0, 0.05) is 26.1 Å². The van der Waals surface area contributed by atoms with Crippen LogP contribution in [-0.4, -0.2) is 30.4 Å². The van der Waals surface area contributed by atoms with E-state index >= 15 is 0 Å². The highest BCUT2D eigenvalue weighted by molar-refractivity contribution is 5.76. The van der Waals surface area contributed by atoms with Crippen LogP contribution in [-0.2, 0) is 11.3 Å². The van der Waals surface area contributed by atoms with Crippen molar-refractivity contribution in [1.82, 2.24) is 10.2 Å². The number of carbonyl (C=O) groups is 1. The maximum Gasteiger partial charge on any atom is 0.224 e. The molecule has 1 atom stereocenters. The highest BCUT2D eigenvalue weighted by atomic mass is 16.2. The van der Waals surface area contributed by atoms with E-state index in [-0.39, 0.29) is 5.91 Å². The Kier molecular flexibility index (Phi) is 5.18. The van der Waals surface area contributed by atoms with E-state index in [1.54, 1.807) is 0 Å². The first kappa shape index (κ1) is 15.0. The molecule has 3 heteroatoms. The minimum Gasteiger partial charge on any atom is -0.341 e. The van der Waals surface area contributed by atoms with Crippen molar-refractivity contribution < 1.29 is 4.79 Å². The minimum atomic E-state index is 0.234. The minimum absolute atomic E-state index is 0.234. The Labute approximate surface area is 122 Å². The molecule has 1 amide bonds. The van der Waals surface area contributed by atoms with Crippen LogP contribution in [0, 0.1) is 0 Å². The number of hydrogen-bond donors (Lipinski definition) is 1. The Morgan fingerprint density at radius 2 is 2.05 bits per heavy atom.